The van der Waals surface area contributed by atoms with Crippen LogP contribution in [0.5, 0.6) is 0 Å². The molecule has 0 saturated heterocycles. The van der Waals surface area contributed by atoms with Crippen LogP contribution in [0.2, 0.25) is 0 Å². The molecule has 0 spiro atoms. The highest BCUT2D eigenvalue weighted by Gasteiger charge is 2.41. The second kappa shape index (κ2) is 8.02. The average molecular weight is 330 g/mol. The van der Waals surface area contributed by atoms with Crippen molar-refractivity contribution in [3.05, 3.63) is 35.9 Å². The fourth-order valence-corrected chi connectivity index (χ4v) is 4.52. The van der Waals surface area contributed by atoms with Crippen molar-refractivity contribution in [2.75, 3.05) is 13.6 Å². The van der Waals surface area contributed by atoms with Gasteiger partial charge in [0, 0.05) is 12.6 Å². The first-order valence-corrected chi connectivity index (χ1v) is 9.31. The Kier molecular flexibility index (Phi) is 5.77. The largest absolute Gasteiger partial charge is 0.445 e. The van der Waals surface area contributed by atoms with E-state index >= 15 is 0 Å². The molecule has 1 aromatic carbocycles. The van der Waals surface area contributed by atoms with Gasteiger partial charge in [-0.05, 0) is 68.9 Å². The summed E-state index contributed by atoms with van der Waals surface area (Å²) < 4.78 is 5.39. The molecule has 3 aliphatic rings. The van der Waals surface area contributed by atoms with Crippen LogP contribution in [0.3, 0.4) is 0 Å². The number of likely N-dealkylation sites (N-methyl/N-ethyl adjacent to an activating group) is 1. The van der Waals surface area contributed by atoms with Crippen LogP contribution in [-0.2, 0) is 11.3 Å². The summed E-state index contributed by atoms with van der Waals surface area (Å²) >= 11 is 0. The molecule has 3 aliphatic carbocycles. The van der Waals surface area contributed by atoms with Crippen LogP contribution in [0, 0.1) is 11.3 Å². The molecule has 2 bridgehead atoms. The number of benzene rings is 1. The van der Waals surface area contributed by atoms with Gasteiger partial charge >= 0.3 is 6.09 Å². The van der Waals surface area contributed by atoms with Gasteiger partial charge in [-0.15, -0.1) is 0 Å². The van der Waals surface area contributed by atoms with E-state index in [2.05, 4.69) is 10.6 Å². The summed E-state index contributed by atoms with van der Waals surface area (Å²) in [6, 6.07) is 9.96. The minimum absolute atomic E-state index is 0.146. The maximum Gasteiger partial charge on any atom is 0.407 e. The Morgan fingerprint density at radius 2 is 1.88 bits per heavy atom. The third-order valence-electron chi connectivity index (χ3n) is 5.91. The number of ether oxygens (including phenoxy) is 1. The molecule has 0 aromatic heterocycles. The van der Waals surface area contributed by atoms with Crippen molar-refractivity contribution in [1.82, 2.24) is 10.6 Å². The van der Waals surface area contributed by atoms with Crippen LogP contribution in [0.15, 0.2) is 30.3 Å². The summed E-state index contributed by atoms with van der Waals surface area (Å²) in [6.45, 7) is 1.12. The Hall–Kier alpha value is -1.55. The van der Waals surface area contributed by atoms with Gasteiger partial charge in [-0.25, -0.2) is 4.79 Å². The van der Waals surface area contributed by atoms with Crippen molar-refractivity contribution in [2.24, 2.45) is 11.3 Å². The summed E-state index contributed by atoms with van der Waals surface area (Å²) in [5.41, 5.74) is 1.46. The molecule has 4 nitrogen and oxygen atoms in total. The maximum atomic E-state index is 12.2. The van der Waals surface area contributed by atoms with Gasteiger partial charge in [0.1, 0.15) is 6.61 Å². The highest BCUT2D eigenvalue weighted by Crippen LogP contribution is 2.52. The highest BCUT2D eigenvalue weighted by atomic mass is 16.5. The number of hydrogen-bond acceptors (Lipinski definition) is 3. The summed E-state index contributed by atoms with van der Waals surface area (Å²) in [5, 5.41) is 6.31. The van der Waals surface area contributed by atoms with E-state index in [1.54, 1.807) is 0 Å². The molecular formula is C20H30N2O2. The summed E-state index contributed by atoms with van der Waals surface area (Å²) in [7, 11) is 1.94. The lowest BCUT2D eigenvalue weighted by Crippen LogP contribution is -2.47. The lowest BCUT2D eigenvalue weighted by atomic mass is 9.58. The number of carbonyl (C=O) groups excluding carboxylic acids is 1. The number of carbonyl (C=O) groups is 1. The van der Waals surface area contributed by atoms with Crippen molar-refractivity contribution in [3.8, 4) is 0 Å². The smallest absolute Gasteiger partial charge is 0.407 e. The van der Waals surface area contributed by atoms with Gasteiger partial charge in [0.25, 0.3) is 0 Å². The first-order valence-electron chi connectivity index (χ1n) is 9.31. The summed E-state index contributed by atoms with van der Waals surface area (Å²) in [4.78, 5) is 12.2. The number of rotatable bonds is 7. The van der Waals surface area contributed by atoms with Crippen LogP contribution in [0.25, 0.3) is 0 Å². The lowest BCUT2D eigenvalue weighted by Gasteiger charge is -2.48. The van der Waals surface area contributed by atoms with Gasteiger partial charge in [0.05, 0.1) is 0 Å². The Balaban J connectivity index is 1.50. The third-order valence-corrected chi connectivity index (χ3v) is 5.91. The number of amides is 1. The summed E-state index contributed by atoms with van der Waals surface area (Å²) in [6.07, 6.45) is 8.90. The number of fused-ring (bicyclic) bond motifs is 3. The second-order valence-corrected chi connectivity index (χ2v) is 7.65. The maximum absolute atomic E-state index is 12.2. The van der Waals surface area contributed by atoms with Crippen LogP contribution < -0.4 is 10.6 Å². The molecule has 4 rings (SSSR count). The van der Waals surface area contributed by atoms with E-state index in [0.717, 1.165) is 24.4 Å². The molecular weight excluding hydrogens is 300 g/mol. The number of nitrogens with one attached hydrogen (secondary N) is 2. The molecule has 3 fully saturated rings. The minimum atomic E-state index is -0.306. The SMILES string of the molecule is CNCC(CC12CCC(CC1)CC2)NC(=O)OCc1ccccc1. The van der Waals surface area contributed by atoms with Crippen molar-refractivity contribution in [3.63, 3.8) is 0 Å². The van der Waals surface area contributed by atoms with Gasteiger partial charge in [0.2, 0.25) is 0 Å². The second-order valence-electron chi connectivity index (χ2n) is 7.65. The molecule has 0 radical (unpaired) electrons. The van der Waals surface area contributed by atoms with E-state index in [0.29, 0.717) is 12.0 Å². The fraction of sp³-hybridized carbons (Fsp3) is 0.650. The molecule has 0 heterocycles. The third kappa shape index (κ3) is 4.50. The van der Waals surface area contributed by atoms with Crippen LogP contribution in [0.1, 0.15) is 50.5 Å². The van der Waals surface area contributed by atoms with E-state index in [-0.39, 0.29) is 12.1 Å². The molecule has 24 heavy (non-hydrogen) atoms. The zero-order chi connectivity index (χ0) is 16.8. The Morgan fingerprint density at radius 1 is 1.21 bits per heavy atom. The summed E-state index contributed by atoms with van der Waals surface area (Å²) in [5.74, 6) is 0.971. The zero-order valence-electron chi connectivity index (χ0n) is 14.7. The fourth-order valence-electron chi connectivity index (χ4n) is 4.52. The van der Waals surface area contributed by atoms with E-state index in [1.165, 1.54) is 38.5 Å². The molecule has 1 atom stereocenters. The van der Waals surface area contributed by atoms with Crippen LogP contribution in [-0.4, -0.2) is 25.7 Å². The zero-order valence-corrected chi connectivity index (χ0v) is 14.7. The quantitative estimate of drug-likeness (QED) is 0.798. The monoisotopic (exact) mass is 330 g/mol. The van der Waals surface area contributed by atoms with Gasteiger partial charge in [-0.1, -0.05) is 30.3 Å². The normalized spacial score (nSPS) is 26.8. The van der Waals surface area contributed by atoms with Crippen molar-refractivity contribution < 1.29 is 9.53 Å². The molecule has 4 heteroatoms. The molecule has 0 aliphatic heterocycles. The Bertz CT molecular complexity index is 510. The Morgan fingerprint density at radius 3 is 2.50 bits per heavy atom. The average Bonchev–Trinajstić information content (AvgIpc) is 2.62. The van der Waals surface area contributed by atoms with Crippen molar-refractivity contribution in [1.29, 1.82) is 0 Å². The van der Waals surface area contributed by atoms with Gasteiger partial charge in [-0.2, -0.15) is 0 Å². The van der Waals surface area contributed by atoms with Crippen LogP contribution >= 0.6 is 0 Å². The standard InChI is InChI=1S/C20H30N2O2/c1-21-14-18(13-20-10-7-16(8-11-20)9-12-20)22-19(23)24-15-17-5-3-2-4-6-17/h2-6,16,18,21H,7-15H2,1H3,(H,22,23). The minimum Gasteiger partial charge on any atom is -0.445 e. The predicted octanol–water partition coefficient (Wildman–Crippen LogP) is 3.86. The van der Waals surface area contributed by atoms with Crippen molar-refractivity contribution >= 4 is 6.09 Å². The van der Waals surface area contributed by atoms with Gasteiger partial charge in [-0.3, -0.25) is 0 Å². The predicted molar refractivity (Wildman–Crippen MR) is 95.7 cm³/mol. The molecule has 1 amide bonds. The molecule has 1 unspecified atom stereocenters. The molecule has 1 aromatic rings. The van der Waals surface area contributed by atoms with Crippen LogP contribution in [0.4, 0.5) is 4.79 Å². The van der Waals surface area contributed by atoms with Gasteiger partial charge < -0.3 is 15.4 Å². The lowest BCUT2D eigenvalue weighted by molar-refractivity contribution is 0.0451. The first kappa shape index (κ1) is 17.3. The number of hydrogen-bond donors (Lipinski definition) is 2. The molecule has 132 valence electrons. The van der Waals surface area contributed by atoms with E-state index in [9.17, 15) is 4.79 Å². The number of alkyl carbamates (subject to hydrolysis) is 1. The van der Waals surface area contributed by atoms with E-state index in [1.807, 2.05) is 37.4 Å². The van der Waals surface area contributed by atoms with E-state index < -0.39 is 0 Å². The topological polar surface area (TPSA) is 50.4 Å². The Labute approximate surface area is 145 Å². The molecule has 3 saturated carbocycles. The first-order chi connectivity index (χ1) is 11.7. The van der Waals surface area contributed by atoms with Gasteiger partial charge in [0.15, 0.2) is 0 Å². The highest BCUT2D eigenvalue weighted by molar-refractivity contribution is 5.67. The molecule has 2 N–H and O–H groups in total. The van der Waals surface area contributed by atoms with E-state index in [4.69, 9.17) is 4.74 Å². The van der Waals surface area contributed by atoms with Crippen molar-refractivity contribution in [2.45, 2.75) is 57.6 Å².